The van der Waals surface area contributed by atoms with Crippen molar-refractivity contribution in [1.82, 2.24) is 0 Å². The van der Waals surface area contributed by atoms with Gasteiger partial charge in [0.15, 0.2) is 6.61 Å². The van der Waals surface area contributed by atoms with Crippen LogP contribution in [0.3, 0.4) is 0 Å². The first-order valence-corrected chi connectivity index (χ1v) is 10.4. The van der Waals surface area contributed by atoms with Crippen LogP contribution in [0.25, 0.3) is 0 Å². The van der Waals surface area contributed by atoms with Crippen LogP contribution in [0.2, 0.25) is 0 Å². The molecule has 0 atom stereocenters. The van der Waals surface area contributed by atoms with Crippen molar-refractivity contribution in [3.63, 3.8) is 0 Å². The van der Waals surface area contributed by atoms with E-state index in [1.54, 1.807) is 12.1 Å². The van der Waals surface area contributed by atoms with Crippen molar-refractivity contribution in [3.05, 3.63) is 53.6 Å². The Hall–Kier alpha value is -3.27. The zero-order valence-corrected chi connectivity index (χ0v) is 18.3. The molecule has 1 aliphatic rings. The molecule has 1 amide bonds. The first kappa shape index (κ1) is 24.4. The van der Waals surface area contributed by atoms with E-state index in [0.29, 0.717) is 37.7 Å². The van der Waals surface area contributed by atoms with Gasteiger partial charge in [0.2, 0.25) is 0 Å². The van der Waals surface area contributed by atoms with Crippen LogP contribution >= 0.6 is 0 Å². The van der Waals surface area contributed by atoms with E-state index < -0.39 is 30.2 Å². The molecular formula is C23H25F3N2O5. The predicted molar refractivity (Wildman–Crippen MR) is 116 cm³/mol. The number of esters is 1. The maximum Gasteiger partial charge on any atom is 0.416 e. The van der Waals surface area contributed by atoms with Gasteiger partial charge in [0.05, 0.1) is 41.8 Å². The molecule has 0 aromatic heterocycles. The normalized spacial score (nSPS) is 14.2. The number of hydrogen-bond donors (Lipinski definition) is 1. The second-order valence-corrected chi connectivity index (χ2v) is 7.64. The minimum atomic E-state index is -4.57. The molecule has 0 unspecified atom stereocenters. The number of halogens is 3. The quantitative estimate of drug-likeness (QED) is 0.619. The highest BCUT2D eigenvalue weighted by atomic mass is 19.4. The van der Waals surface area contributed by atoms with Crippen molar-refractivity contribution in [2.24, 2.45) is 0 Å². The van der Waals surface area contributed by atoms with E-state index in [4.69, 9.17) is 14.2 Å². The van der Waals surface area contributed by atoms with Crippen molar-refractivity contribution in [2.75, 3.05) is 43.1 Å². The van der Waals surface area contributed by atoms with Gasteiger partial charge in [-0.3, -0.25) is 4.79 Å². The van der Waals surface area contributed by atoms with Gasteiger partial charge in [-0.05, 0) is 56.3 Å². The number of morpholine rings is 1. The smallest absolute Gasteiger partial charge is 0.416 e. The fraction of sp³-hybridized carbons (Fsp3) is 0.391. The van der Waals surface area contributed by atoms with Crippen LogP contribution in [0.1, 0.15) is 29.8 Å². The molecule has 10 heteroatoms. The van der Waals surface area contributed by atoms with E-state index >= 15 is 0 Å². The molecule has 3 rings (SSSR count). The summed E-state index contributed by atoms with van der Waals surface area (Å²) in [5.74, 6) is -0.907. The number of benzene rings is 2. The summed E-state index contributed by atoms with van der Waals surface area (Å²) in [4.78, 5) is 26.4. The first-order chi connectivity index (χ1) is 15.6. The maximum absolute atomic E-state index is 13.2. The van der Waals surface area contributed by atoms with Crippen LogP contribution < -0.4 is 15.0 Å². The Balaban J connectivity index is 1.66. The maximum atomic E-state index is 13.2. The minimum Gasteiger partial charge on any atom is -0.491 e. The highest BCUT2D eigenvalue weighted by Crippen LogP contribution is 2.35. The monoisotopic (exact) mass is 466 g/mol. The van der Waals surface area contributed by atoms with Crippen LogP contribution in [0.15, 0.2) is 42.5 Å². The molecule has 0 saturated carbocycles. The average Bonchev–Trinajstić information content (AvgIpc) is 2.77. The van der Waals surface area contributed by atoms with E-state index in [1.165, 1.54) is 18.2 Å². The van der Waals surface area contributed by atoms with Crippen molar-refractivity contribution < 1.29 is 37.0 Å². The van der Waals surface area contributed by atoms with Gasteiger partial charge in [-0.1, -0.05) is 0 Å². The number of amides is 1. The van der Waals surface area contributed by atoms with E-state index in [1.807, 2.05) is 18.7 Å². The number of rotatable bonds is 7. The van der Waals surface area contributed by atoms with Crippen molar-refractivity contribution in [2.45, 2.75) is 26.1 Å². The molecule has 2 aromatic rings. The Morgan fingerprint density at radius 1 is 1.09 bits per heavy atom. The zero-order valence-electron chi connectivity index (χ0n) is 18.3. The zero-order chi connectivity index (χ0) is 24.0. The fourth-order valence-electron chi connectivity index (χ4n) is 3.23. The van der Waals surface area contributed by atoms with Crippen molar-refractivity contribution in [1.29, 1.82) is 0 Å². The van der Waals surface area contributed by atoms with Crippen LogP contribution in [0.4, 0.5) is 24.5 Å². The SMILES string of the molecule is CC(C)Oc1ccc(C(=O)OCC(=O)Nc2cc(C(F)(F)F)ccc2N2CCOCC2)cc1. The van der Waals surface area contributed by atoms with Gasteiger partial charge in [-0.15, -0.1) is 0 Å². The van der Waals surface area contributed by atoms with Gasteiger partial charge in [0.1, 0.15) is 5.75 Å². The fourth-order valence-corrected chi connectivity index (χ4v) is 3.23. The molecule has 178 valence electrons. The summed E-state index contributed by atoms with van der Waals surface area (Å²) in [5, 5.41) is 2.44. The van der Waals surface area contributed by atoms with Crippen molar-refractivity contribution >= 4 is 23.3 Å². The summed E-state index contributed by atoms with van der Waals surface area (Å²) in [6.45, 7) is 4.88. The molecule has 1 fully saturated rings. The number of ether oxygens (including phenoxy) is 3. The molecule has 1 N–H and O–H groups in total. The molecule has 1 heterocycles. The lowest BCUT2D eigenvalue weighted by molar-refractivity contribution is -0.137. The molecule has 7 nitrogen and oxygen atoms in total. The van der Waals surface area contributed by atoms with Gasteiger partial charge in [0.25, 0.3) is 5.91 Å². The van der Waals surface area contributed by atoms with Crippen LogP contribution in [-0.4, -0.2) is 50.9 Å². The molecule has 2 aromatic carbocycles. The standard InChI is InChI=1S/C23H25F3N2O5/c1-15(2)33-18-6-3-16(4-7-18)22(30)32-14-21(29)27-19-13-17(23(24,25)26)5-8-20(19)28-9-11-31-12-10-28/h3-8,13,15H,9-12,14H2,1-2H3,(H,27,29). The predicted octanol–water partition coefficient (Wildman–Crippen LogP) is 4.12. The molecule has 0 radical (unpaired) electrons. The Labute approximate surface area is 189 Å². The Morgan fingerprint density at radius 3 is 2.36 bits per heavy atom. The number of hydrogen-bond acceptors (Lipinski definition) is 6. The topological polar surface area (TPSA) is 77.1 Å². The lowest BCUT2D eigenvalue weighted by atomic mass is 10.1. The number of nitrogens with zero attached hydrogens (tertiary/aromatic N) is 1. The van der Waals surface area contributed by atoms with Gasteiger partial charge in [0, 0.05) is 13.1 Å². The summed E-state index contributed by atoms with van der Waals surface area (Å²) >= 11 is 0. The van der Waals surface area contributed by atoms with Crippen LogP contribution in [0.5, 0.6) is 5.75 Å². The van der Waals surface area contributed by atoms with Crippen LogP contribution in [0, 0.1) is 0 Å². The largest absolute Gasteiger partial charge is 0.491 e. The molecule has 1 aliphatic heterocycles. The van der Waals surface area contributed by atoms with Gasteiger partial charge in [-0.2, -0.15) is 13.2 Å². The summed E-state index contributed by atoms with van der Waals surface area (Å²) in [5.41, 5.74) is -0.253. The third kappa shape index (κ3) is 6.85. The van der Waals surface area contributed by atoms with E-state index in [-0.39, 0.29) is 17.4 Å². The van der Waals surface area contributed by atoms with E-state index in [2.05, 4.69) is 5.32 Å². The van der Waals surface area contributed by atoms with E-state index in [0.717, 1.165) is 12.1 Å². The third-order valence-electron chi connectivity index (χ3n) is 4.75. The average molecular weight is 466 g/mol. The lowest BCUT2D eigenvalue weighted by Gasteiger charge is -2.31. The number of carbonyl (C=O) groups is 2. The van der Waals surface area contributed by atoms with E-state index in [9.17, 15) is 22.8 Å². The number of nitrogens with one attached hydrogen (secondary N) is 1. The first-order valence-electron chi connectivity index (χ1n) is 10.4. The van der Waals surface area contributed by atoms with Gasteiger partial charge in [-0.25, -0.2) is 4.79 Å². The number of alkyl halides is 3. The van der Waals surface area contributed by atoms with Crippen LogP contribution in [-0.2, 0) is 20.4 Å². The second kappa shape index (κ2) is 10.6. The highest BCUT2D eigenvalue weighted by molar-refractivity contribution is 5.97. The summed E-state index contributed by atoms with van der Waals surface area (Å²) < 4.78 is 55.4. The third-order valence-corrected chi connectivity index (χ3v) is 4.75. The Morgan fingerprint density at radius 2 is 1.76 bits per heavy atom. The Kier molecular flexibility index (Phi) is 7.80. The summed E-state index contributed by atoms with van der Waals surface area (Å²) in [7, 11) is 0. The summed E-state index contributed by atoms with van der Waals surface area (Å²) in [6, 6.07) is 9.37. The van der Waals surface area contributed by atoms with Gasteiger partial charge >= 0.3 is 12.1 Å². The minimum absolute atomic E-state index is 0.0111. The molecular weight excluding hydrogens is 441 g/mol. The highest BCUT2D eigenvalue weighted by Gasteiger charge is 2.32. The Bertz CT molecular complexity index is 971. The molecule has 0 bridgehead atoms. The lowest BCUT2D eigenvalue weighted by Crippen LogP contribution is -2.37. The molecule has 33 heavy (non-hydrogen) atoms. The van der Waals surface area contributed by atoms with Crippen molar-refractivity contribution in [3.8, 4) is 5.75 Å². The number of anilines is 2. The van der Waals surface area contributed by atoms with Gasteiger partial charge < -0.3 is 24.4 Å². The molecule has 0 spiro atoms. The molecule has 0 aliphatic carbocycles. The number of carbonyl (C=O) groups excluding carboxylic acids is 2. The molecule has 1 saturated heterocycles. The second-order valence-electron chi connectivity index (χ2n) is 7.64. The summed E-state index contributed by atoms with van der Waals surface area (Å²) in [6.07, 6.45) is -4.59.